The van der Waals surface area contributed by atoms with Gasteiger partial charge in [0.15, 0.2) is 0 Å². The van der Waals surface area contributed by atoms with Crippen LogP contribution in [0.3, 0.4) is 0 Å². The van der Waals surface area contributed by atoms with Crippen LogP contribution >= 0.6 is 0 Å². The van der Waals surface area contributed by atoms with Crippen molar-refractivity contribution in [3.8, 4) is 0 Å². The van der Waals surface area contributed by atoms with Gasteiger partial charge in [-0.05, 0) is 33.8 Å². The summed E-state index contributed by atoms with van der Waals surface area (Å²) in [5.41, 5.74) is 0.809. The Labute approximate surface area is 223 Å². The molecule has 1 N–H and O–H groups in total. The lowest BCUT2D eigenvalue weighted by Gasteiger charge is -2.44. The Balaban J connectivity index is 1.60. The fourth-order valence-electron chi connectivity index (χ4n) is 5.39. The summed E-state index contributed by atoms with van der Waals surface area (Å²) in [4.78, 5) is 0. The average molecular weight is 517 g/mol. The highest BCUT2D eigenvalue weighted by molar-refractivity contribution is 6.99. The van der Waals surface area contributed by atoms with Gasteiger partial charge in [-0.2, -0.15) is 0 Å². The molecule has 5 heteroatoms. The van der Waals surface area contributed by atoms with E-state index < -0.39 is 20.5 Å². The molecular weight excluding hydrogens is 476 g/mol. The highest BCUT2D eigenvalue weighted by Crippen LogP contribution is 2.37. The van der Waals surface area contributed by atoms with Gasteiger partial charge in [0.25, 0.3) is 8.32 Å². The Morgan fingerprint density at radius 2 is 1.49 bits per heavy atom. The predicted octanol–water partition coefficient (Wildman–Crippen LogP) is 5.42. The molecule has 1 fully saturated rings. The van der Waals surface area contributed by atoms with E-state index in [0.717, 1.165) is 18.4 Å². The second-order valence-electron chi connectivity index (χ2n) is 10.8. The third kappa shape index (κ3) is 6.14. The molecular formula is C32H40O4Si. The maximum atomic E-state index is 11.0. The molecule has 1 aliphatic heterocycles. The summed E-state index contributed by atoms with van der Waals surface area (Å²) in [7, 11) is -2.69. The Bertz CT molecular complexity index is 1060. The number of hydrogen-bond donors (Lipinski definition) is 1. The van der Waals surface area contributed by atoms with Gasteiger partial charge in [-0.3, -0.25) is 0 Å². The van der Waals surface area contributed by atoms with Crippen molar-refractivity contribution in [2.24, 2.45) is 0 Å². The van der Waals surface area contributed by atoms with Crippen LogP contribution in [0.15, 0.2) is 104 Å². The third-order valence-electron chi connectivity index (χ3n) is 7.28. The van der Waals surface area contributed by atoms with Crippen LogP contribution in [-0.2, 0) is 13.9 Å². The quantitative estimate of drug-likeness (QED) is 0.289. The molecule has 4 rings (SSSR count). The summed E-state index contributed by atoms with van der Waals surface area (Å²) >= 11 is 0. The Kier molecular flexibility index (Phi) is 9.16. The van der Waals surface area contributed by atoms with E-state index in [1.54, 1.807) is 6.08 Å². The van der Waals surface area contributed by atoms with Crippen molar-refractivity contribution in [2.45, 2.75) is 63.1 Å². The van der Waals surface area contributed by atoms with Crippen LogP contribution in [0.5, 0.6) is 0 Å². The minimum Gasteiger partial charge on any atom is -0.405 e. The van der Waals surface area contributed by atoms with E-state index >= 15 is 0 Å². The fraction of sp³-hybridized carbons (Fsp3) is 0.375. The monoisotopic (exact) mass is 516 g/mol. The molecule has 0 aliphatic carbocycles. The molecule has 0 bridgehead atoms. The molecule has 0 saturated carbocycles. The molecule has 0 radical (unpaired) electrons. The van der Waals surface area contributed by atoms with Crippen LogP contribution in [0.2, 0.25) is 5.04 Å². The van der Waals surface area contributed by atoms with Gasteiger partial charge in [0, 0.05) is 6.61 Å². The van der Waals surface area contributed by atoms with Crippen LogP contribution < -0.4 is 10.4 Å². The maximum Gasteiger partial charge on any atom is 0.261 e. The topological polar surface area (TPSA) is 47.9 Å². The second-order valence-corrected chi connectivity index (χ2v) is 15.1. The minimum absolute atomic E-state index is 0.117. The first-order valence-electron chi connectivity index (χ1n) is 13.2. The number of ether oxygens (including phenoxy) is 2. The zero-order valence-corrected chi connectivity index (χ0v) is 23.3. The van der Waals surface area contributed by atoms with Gasteiger partial charge in [0.1, 0.15) is 18.3 Å². The van der Waals surface area contributed by atoms with Gasteiger partial charge in [0.2, 0.25) is 0 Å². The first-order chi connectivity index (χ1) is 17.9. The van der Waals surface area contributed by atoms with Crippen molar-refractivity contribution in [3.05, 3.63) is 109 Å². The van der Waals surface area contributed by atoms with Crippen LogP contribution in [0.4, 0.5) is 0 Å². The third-order valence-corrected chi connectivity index (χ3v) is 12.3. The van der Waals surface area contributed by atoms with Crippen molar-refractivity contribution in [2.75, 3.05) is 13.2 Å². The van der Waals surface area contributed by atoms with E-state index in [0.29, 0.717) is 13.2 Å². The Morgan fingerprint density at radius 1 is 0.946 bits per heavy atom. The van der Waals surface area contributed by atoms with Gasteiger partial charge in [-0.25, -0.2) is 0 Å². The molecule has 3 aromatic rings. The van der Waals surface area contributed by atoms with Gasteiger partial charge in [0.05, 0.1) is 12.7 Å². The molecule has 1 aliphatic rings. The second kappa shape index (κ2) is 12.3. The summed E-state index contributed by atoms with van der Waals surface area (Å²) in [5.74, 6) is 0. The molecule has 4 nitrogen and oxygen atoms in total. The van der Waals surface area contributed by atoms with Crippen molar-refractivity contribution in [3.63, 3.8) is 0 Å². The van der Waals surface area contributed by atoms with Gasteiger partial charge in [-0.15, -0.1) is 6.58 Å². The molecule has 4 atom stereocenters. The first-order valence-corrected chi connectivity index (χ1v) is 15.2. The summed E-state index contributed by atoms with van der Waals surface area (Å²) in [6, 6.07) is 30.9. The van der Waals surface area contributed by atoms with E-state index in [1.165, 1.54) is 10.4 Å². The minimum atomic E-state index is -2.69. The lowest BCUT2D eigenvalue weighted by atomic mass is 10.0. The molecule has 0 amide bonds. The zero-order valence-electron chi connectivity index (χ0n) is 22.3. The predicted molar refractivity (Wildman–Crippen MR) is 153 cm³/mol. The number of rotatable bonds is 10. The van der Waals surface area contributed by atoms with E-state index in [4.69, 9.17) is 13.9 Å². The summed E-state index contributed by atoms with van der Waals surface area (Å²) in [6.07, 6.45) is 1.68. The largest absolute Gasteiger partial charge is 0.405 e. The SMILES string of the molecule is C=C[C@@H](O[C@H]1CCCO[C@@H]1CO[Si](c1ccccc1)(c1ccccc1)C(C)(C)C)[C@H](O)c1ccccc1. The zero-order chi connectivity index (χ0) is 26.3. The highest BCUT2D eigenvalue weighted by Gasteiger charge is 2.51. The number of aliphatic hydroxyl groups is 1. The number of benzene rings is 3. The molecule has 0 spiro atoms. The van der Waals surface area contributed by atoms with E-state index in [9.17, 15) is 5.11 Å². The van der Waals surface area contributed by atoms with Crippen molar-refractivity contribution in [1.82, 2.24) is 0 Å². The fourth-order valence-corrected chi connectivity index (χ4v) is 9.96. The number of aliphatic hydroxyl groups excluding tert-OH is 1. The lowest BCUT2D eigenvalue weighted by molar-refractivity contribution is -0.150. The van der Waals surface area contributed by atoms with Crippen molar-refractivity contribution in [1.29, 1.82) is 0 Å². The molecule has 196 valence electrons. The van der Waals surface area contributed by atoms with Crippen molar-refractivity contribution < 1.29 is 19.0 Å². The van der Waals surface area contributed by atoms with E-state index in [1.807, 2.05) is 30.3 Å². The van der Waals surface area contributed by atoms with Gasteiger partial charge < -0.3 is 19.0 Å². The maximum absolute atomic E-state index is 11.0. The Hall–Kier alpha value is -2.54. The average Bonchev–Trinajstić information content (AvgIpc) is 2.93. The first kappa shape index (κ1) is 27.5. The van der Waals surface area contributed by atoms with Crippen LogP contribution in [0, 0.1) is 0 Å². The van der Waals surface area contributed by atoms with Crippen LogP contribution in [0.1, 0.15) is 45.3 Å². The smallest absolute Gasteiger partial charge is 0.261 e. The highest BCUT2D eigenvalue weighted by atomic mass is 28.4. The van der Waals surface area contributed by atoms with Crippen molar-refractivity contribution >= 4 is 18.7 Å². The summed E-state index contributed by atoms with van der Waals surface area (Å²) in [5, 5.41) is 13.4. The summed E-state index contributed by atoms with van der Waals surface area (Å²) < 4.78 is 19.9. The number of hydrogen-bond acceptors (Lipinski definition) is 4. The lowest BCUT2D eigenvalue weighted by Crippen LogP contribution is -2.67. The molecule has 0 aromatic heterocycles. The van der Waals surface area contributed by atoms with Gasteiger partial charge >= 0.3 is 0 Å². The Morgan fingerprint density at radius 3 is 2.00 bits per heavy atom. The molecule has 1 heterocycles. The van der Waals surface area contributed by atoms with E-state index in [-0.39, 0.29) is 17.2 Å². The standard InChI is InChI=1S/C32H40O4Si/c1-5-28(31(33)25-16-9-6-10-17-25)36-29-22-15-23-34-30(29)24-35-37(32(2,3)4,26-18-11-7-12-19-26)27-20-13-8-14-21-27/h5-14,16-21,28-31,33H,1,15,22-24H2,2-4H3/t28-,29+,30-,31-/m1/s1. The normalized spacial score (nSPS) is 20.2. The van der Waals surface area contributed by atoms with E-state index in [2.05, 4.69) is 88.0 Å². The van der Waals surface area contributed by atoms with Gasteiger partial charge in [-0.1, -0.05) is 118 Å². The summed E-state index contributed by atoms with van der Waals surface area (Å²) in [6.45, 7) is 11.9. The molecule has 0 unspecified atom stereocenters. The molecule has 37 heavy (non-hydrogen) atoms. The van der Waals surface area contributed by atoms with Crippen LogP contribution in [0.25, 0.3) is 0 Å². The molecule has 3 aromatic carbocycles. The molecule has 1 saturated heterocycles. The van der Waals surface area contributed by atoms with Crippen LogP contribution in [-0.4, -0.2) is 44.9 Å².